The summed E-state index contributed by atoms with van der Waals surface area (Å²) in [5, 5.41) is 23.0. The van der Waals surface area contributed by atoms with E-state index in [1.807, 2.05) is 98.8 Å². The number of nitrogens with one attached hydrogen (secondary N) is 1. The van der Waals surface area contributed by atoms with Crippen molar-refractivity contribution in [1.29, 1.82) is 0 Å². The zero-order valence-electron chi connectivity index (χ0n) is 35.8. The van der Waals surface area contributed by atoms with Gasteiger partial charge in [0.25, 0.3) is 5.91 Å². The van der Waals surface area contributed by atoms with Crippen LogP contribution in [-0.2, 0) is 50.7 Å². The Balaban J connectivity index is 1.07. The van der Waals surface area contributed by atoms with Crippen molar-refractivity contribution in [2.75, 3.05) is 36.2 Å². The molecule has 328 valence electrons. The zero-order chi connectivity index (χ0) is 43.9. The first-order valence-electron chi connectivity index (χ1n) is 21.8. The van der Waals surface area contributed by atoms with Crippen LogP contribution >= 0.6 is 15.9 Å². The Morgan fingerprint density at radius 2 is 1.71 bits per heavy atom. The molecule has 8 rings (SSSR count). The Bertz CT molecular complexity index is 2330. The van der Waals surface area contributed by atoms with Gasteiger partial charge in [-0.3, -0.25) is 19.3 Å². The van der Waals surface area contributed by atoms with Gasteiger partial charge in [-0.05, 0) is 123 Å². The van der Waals surface area contributed by atoms with Gasteiger partial charge in [0, 0.05) is 40.3 Å². The van der Waals surface area contributed by atoms with E-state index in [1.165, 1.54) is 0 Å². The lowest BCUT2D eigenvalue weighted by Gasteiger charge is -2.37. The molecule has 6 atom stereocenters. The quantitative estimate of drug-likeness (QED) is 0.0676. The van der Waals surface area contributed by atoms with E-state index in [0.717, 1.165) is 44.6 Å². The molecule has 4 aromatic carbocycles. The molecule has 62 heavy (non-hydrogen) atoms. The minimum atomic E-state index is -3.56. The standard InChI is InChI=1S/C48H56BrFN4O7Si/c1-5-60-38-17-19-41-34(23-38)24-40(51-20-8-9-21-55)46(58)54(41)36-15-12-31(13-16-36)27-53-42-18-14-35(49)25-39(42)48(47(53)59)30(2)45(62(3,4)50)43(61-48)26-44(57)52-28-33-11-7-6-10-32(33)22-37(52)29-56/h6-7,10-19,23,25,30,37,40,43,45,51,55-56H,5,8-9,20-22,24,26-29H2,1-4H3/t30-,37+,40?,43+,45-,48+/m1/s1. The van der Waals surface area contributed by atoms with Gasteiger partial charge in [0.1, 0.15) is 5.75 Å². The lowest BCUT2D eigenvalue weighted by atomic mass is 9.82. The maximum Gasteiger partial charge on any atom is 0.264 e. The number of aliphatic hydroxyl groups excluding tert-OH is 2. The van der Waals surface area contributed by atoms with Crippen LogP contribution in [0.15, 0.2) is 89.4 Å². The molecule has 3 amide bonds. The smallest absolute Gasteiger partial charge is 0.264 e. The predicted molar refractivity (Wildman–Crippen MR) is 243 cm³/mol. The van der Waals surface area contributed by atoms with Crippen LogP contribution in [0.4, 0.5) is 21.2 Å². The number of amides is 3. The normalized spacial score (nSPS) is 24.4. The van der Waals surface area contributed by atoms with E-state index in [2.05, 4.69) is 21.2 Å². The van der Waals surface area contributed by atoms with Crippen LogP contribution in [0.25, 0.3) is 0 Å². The van der Waals surface area contributed by atoms with Crippen molar-refractivity contribution in [3.63, 3.8) is 0 Å². The van der Waals surface area contributed by atoms with Crippen LogP contribution in [0.1, 0.15) is 60.9 Å². The average Bonchev–Trinajstić information content (AvgIpc) is 3.67. The molecule has 4 aromatic rings. The highest BCUT2D eigenvalue weighted by Crippen LogP contribution is 2.60. The van der Waals surface area contributed by atoms with E-state index in [9.17, 15) is 19.8 Å². The van der Waals surface area contributed by atoms with Crippen LogP contribution in [0.3, 0.4) is 0 Å². The highest BCUT2D eigenvalue weighted by molar-refractivity contribution is 9.10. The molecule has 11 nitrogen and oxygen atoms in total. The first kappa shape index (κ1) is 44.2. The van der Waals surface area contributed by atoms with Gasteiger partial charge in [-0.1, -0.05) is 59.3 Å². The molecule has 4 aliphatic rings. The van der Waals surface area contributed by atoms with Crippen molar-refractivity contribution in [1.82, 2.24) is 10.2 Å². The molecule has 0 aliphatic carbocycles. The Labute approximate surface area is 372 Å². The summed E-state index contributed by atoms with van der Waals surface area (Å²) in [4.78, 5) is 48.6. The van der Waals surface area contributed by atoms with Gasteiger partial charge in [-0.2, -0.15) is 0 Å². The number of fused-ring (bicyclic) bond motifs is 4. The number of ether oxygens (including phenoxy) is 2. The molecule has 1 spiro atoms. The number of benzene rings is 4. The first-order valence-corrected chi connectivity index (χ1v) is 25.5. The summed E-state index contributed by atoms with van der Waals surface area (Å²) >= 11 is 3.62. The number of carbonyl (C=O) groups excluding carboxylic acids is 3. The van der Waals surface area contributed by atoms with Crippen LogP contribution in [0, 0.1) is 5.92 Å². The molecule has 0 radical (unpaired) electrons. The second kappa shape index (κ2) is 18.0. The predicted octanol–water partition coefficient (Wildman–Crippen LogP) is 7.46. The molecular weight excluding hydrogens is 872 g/mol. The lowest BCUT2D eigenvalue weighted by Crippen LogP contribution is -2.49. The maximum atomic E-state index is 16.7. The summed E-state index contributed by atoms with van der Waals surface area (Å²) in [5.74, 6) is -0.474. The van der Waals surface area contributed by atoms with Gasteiger partial charge in [0.15, 0.2) is 5.60 Å². The van der Waals surface area contributed by atoms with Crippen molar-refractivity contribution in [3.05, 3.63) is 117 Å². The molecule has 14 heteroatoms. The number of halogens is 2. The summed E-state index contributed by atoms with van der Waals surface area (Å²) in [6.07, 6.45) is 1.44. The van der Waals surface area contributed by atoms with Gasteiger partial charge < -0.3 is 38.9 Å². The summed E-state index contributed by atoms with van der Waals surface area (Å²) in [7, 11) is -3.56. The van der Waals surface area contributed by atoms with E-state index >= 15 is 8.90 Å². The third-order valence-corrected chi connectivity index (χ3v) is 16.2. The molecule has 1 fully saturated rings. The highest BCUT2D eigenvalue weighted by atomic mass is 79.9. The van der Waals surface area contributed by atoms with E-state index in [4.69, 9.17) is 9.47 Å². The van der Waals surface area contributed by atoms with E-state index < -0.39 is 43.7 Å². The Kier molecular flexibility index (Phi) is 12.8. The second-order valence-electron chi connectivity index (χ2n) is 17.6. The fraction of sp³-hybridized carbons (Fsp3) is 0.438. The lowest BCUT2D eigenvalue weighted by molar-refractivity contribution is -0.151. The summed E-state index contributed by atoms with van der Waals surface area (Å²) in [6, 6.07) is 26.1. The topological polar surface area (TPSA) is 132 Å². The molecular formula is C48H56BrFN4O7Si. The molecule has 4 aliphatic heterocycles. The average molecular weight is 928 g/mol. The van der Waals surface area contributed by atoms with Crippen molar-refractivity contribution < 1.29 is 38.2 Å². The van der Waals surface area contributed by atoms with Crippen molar-refractivity contribution in [3.8, 4) is 5.75 Å². The largest absolute Gasteiger partial charge is 0.494 e. The minimum absolute atomic E-state index is 0.0825. The number of hydrogen-bond donors (Lipinski definition) is 3. The van der Waals surface area contributed by atoms with Crippen molar-refractivity contribution >= 4 is 59.1 Å². The van der Waals surface area contributed by atoms with Crippen molar-refractivity contribution in [2.45, 2.75) is 101 Å². The number of anilines is 3. The number of rotatable bonds is 14. The van der Waals surface area contributed by atoms with E-state index in [0.29, 0.717) is 55.9 Å². The molecule has 0 aromatic heterocycles. The summed E-state index contributed by atoms with van der Waals surface area (Å²) < 4.78 is 30.2. The van der Waals surface area contributed by atoms with E-state index in [1.54, 1.807) is 27.8 Å². The molecule has 1 saturated heterocycles. The molecule has 1 unspecified atom stereocenters. The van der Waals surface area contributed by atoms with Crippen LogP contribution in [-0.4, -0.2) is 85.8 Å². The number of hydrogen-bond acceptors (Lipinski definition) is 8. The fourth-order valence-corrected chi connectivity index (χ4v) is 13.2. The molecule has 0 bridgehead atoms. The fourth-order valence-electron chi connectivity index (χ4n) is 10.4. The minimum Gasteiger partial charge on any atom is -0.494 e. The second-order valence-corrected chi connectivity index (χ2v) is 22.3. The van der Waals surface area contributed by atoms with E-state index in [-0.39, 0.29) is 43.9 Å². The number of nitrogens with zero attached hydrogens (tertiary/aromatic N) is 3. The number of aliphatic hydroxyl groups is 2. The van der Waals surface area contributed by atoms with Crippen LogP contribution in [0.5, 0.6) is 5.75 Å². The Morgan fingerprint density at radius 3 is 2.42 bits per heavy atom. The third kappa shape index (κ3) is 8.14. The first-order chi connectivity index (χ1) is 29.8. The number of carbonyl (C=O) groups is 3. The van der Waals surface area contributed by atoms with Gasteiger partial charge >= 0.3 is 0 Å². The Morgan fingerprint density at radius 1 is 0.968 bits per heavy atom. The third-order valence-electron chi connectivity index (χ3n) is 13.2. The van der Waals surface area contributed by atoms with Gasteiger partial charge in [-0.15, -0.1) is 0 Å². The molecule has 3 N–H and O–H groups in total. The van der Waals surface area contributed by atoms with Crippen LogP contribution < -0.4 is 19.9 Å². The zero-order valence-corrected chi connectivity index (χ0v) is 38.4. The molecule has 0 saturated carbocycles. The SMILES string of the molecule is CCOc1ccc2c(c1)CC(NCCCCO)C(=O)N2c1ccc(CN2C(=O)[C@@]3(O[C@@H](CC(=O)N4Cc5ccccc5C[C@H]4CO)[C@H]([Si](C)(C)F)[C@H]3C)c3cc(Br)ccc32)cc1. The summed E-state index contributed by atoms with van der Waals surface area (Å²) in [5.41, 5.74) is 4.46. The van der Waals surface area contributed by atoms with Gasteiger partial charge in [-0.25, -0.2) is 0 Å². The van der Waals surface area contributed by atoms with Gasteiger partial charge in [0.2, 0.25) is 20.2 Å². The maximum absolute atomic E-state index is 16.7. The highest BCUT2D eigenvalue weighted by Gasteiger charge is 2.67. The summed E-state index contributed by atoms with van der Waals surface area (Å²) in [6.45, 7) is 8.62. The van der Waals surface area contributed by atoms with Crippen molar-refractivity contribution in [2.24, 2.45) is 5.92 Å². The monoisotopic (exact) mass is 926 g/mol. The molecule has 4 heterocycles. The van der Waals surface area contributed by atoms with Gasteiger partial charge in [0.05, 0.1) is 55.7 Å². The van der Waals surface area contributed by atoms with Crippen LogP contribution in [0.2, 0.25) is 18.6 Å². The number of unbranched alkanes of at least 4 members (excludes halogenated alkanes) is 1. The Hall–Kier alpha value is -4.44.